The zero-order valence-electron chi connectivity index (χ0n) is 24.4. The number of esters is 1. The van der Waals surface area contributed by atoms with Crippen molar-refractivity contribution in [2.75, 3.05) is 33.0 Å². The minimum atomic E-state index is -0.227. The Kier molecular flexibility index (Phi) is 6.27. The van der Waals surface area contributed by atoms with E-state index in [1.54, 1.807) is 12.1 Å². The minimum Gasteiger partial charge on any atom is -0.493 e. The molecule has 6 aliphatic rings. The van der Waals surface area contributed by atoms with Crippen LogP contribution in [0.15, 0.2) is 42.5 Å². The van der Waals surface area contributed by atoms with Crippen molar-refractivity contribution in [3.8, 4) is 17.2 Å². The average molecular weight is 578 g/mol. The van der Waals surface area contributed by atoms with Crippen LogP contribution in [0.3, 0.4) is 0 Å². The quantitative estimate of drug-likeness (QED) is 0.329. The summed E-state index contributed by atoms with van der Waals surface area (Å²) in [4.78, 5) is 15.8. The van der Waals surface area contributed by atoms with Crippen LogP contribution in [0.2, 0.25) is 0 Å². The fourth-order valence-electron chi connectivity index (χ4n) is 9.48. The van der Waals surface area contributed by atoms with Gasteiger partial charge in [-0.2, -0.15) is 0 Å². The maximum Gasteiger partial charge on any atom is 0.311 e. The molecule has 42 heavy (non-hydrogen) atoms. The van der Waals surface area contributed by atoms with E-state index in [9.17, 15) is 9.18 Å². The number of piperidine rings is 1. The first kappa shape index (κ1) is 26.8. The summed E-state index contributed by atoms with van der Waals surface area (Å²) in [6.07, 6.45) is 5.49. The summed E-state index contributed by atoms with van der Waals surface area (Å²) < 4.78 is 43.9. The van der Waals surface area contributed by atoms with Crippen LogP contribution in [0, 0.1) is 34.9 Å². The molecule has 2 aliphatic carbocycles. The van der Waals surface area contributed by atoms with E-state index >= 15 is 0 Å². The molecule has 0 amide bonds. The van der Waals surface area contributed by atoms with Gasteiger partial charge in [-0.3, -0.25) is 4.79 Å². The van der Waals surface area contributed by atoms with Gasteiger partial charge in [-0.1, -0.05) is 32.4 Å². The van der Waals surface area contributed by atoms with Crippen LogP contribution in [0.4, 0.5) is 4.39 Å². The number of rotatable bonds is 6. The molecule has 0 bridgehead atoms. The highest BCUT2D eigenvalue weighted by Crippen LogP contribution is 2.70. The van der Waals surface area contributed by atoms with Crippen molar-refractivity contribution in [2.24, 2.45) is 29.1 Å². The van der Waals surface area contributed by atoms with E-state index in [1.165, 1.54) is 12.8 Å². The molecule has 2 aromatic rings. The van der Waals surface area contributed by atoms with Gasteiger partial charge in [0.05, 0.1) is 18.6 Å². The second-order valence-electron chi connectivity index (χ2n) is 13.8. The first-order valence-corrected chi connectivity index (χ1v) is 15.7. The lowest BCUT2D eigenvalue weighted by Gasteiger charge is -2.49. The molecule has 4 heterocycles. The SMILES string of the molecule is CC1CCCC2(C)CC3OC(=O)C(CN4CCC(c5ccc(F)cc5)C(COc5ccc6c(c5)OCO6)C4)C3C3OC132. The average Bonchev–Trinajstić information content (AvgIpc) is 3.44. The zero-order valence-corrected chi connectivity index (χ0v) is 24.4. The van der Waals surface area contributed by atoms with E-state index in [0.29, 0.717) is 24.8 Å². The standard InChI is InChI=1S/C34H40FNO6/c1-20-4-3-12-33(2)15-29-30(31-34(20,33)42-31)26(32(37)41-29)17-36-13-11-25(21-5-7-23(35)8-6-21)22(16-36)18-38-24-9-10-27-28(14-24)40-19-39-27/h5-10,14,20,22,25-26,29-31H,3-4,11-13,15-19H2,1-2H3. The molecule has 9 atom stereocenters. The van der Waals surface area contributed by atoms with Crippen LogP contribution in [-0.2, 0) is 14.3 Å². The number of halogens is 1. The second-order valence-corrected chi connectivity index (χ2v) is 13.8. The molecule has 0 aromatic heterocycles. The third-order valence-corrected chi connectivity index (χ3v) is 11.6. The molecule has 224 valence electrons. The molecule has 7 nitrogen and oxygen atoms in total. The Morgan fingerprint density at radius 3 is 2.79 bits per heavy atom. The van der Waals surface area contributed by atoms with Crippen LogP contribution >= 0.6 is 0 Å². The number of nitrogens with zero attached hydrogens (tertiary/aromatic N) is 1. The number of likely N-dealkylation sites (tertiary alicyclic amines) is 1. The van der Waals surface area contributed by atoms with Gasteiger partial charge in [0, 0.05) is 36.4 Å². The highest BCUT2D eigenvalue weighted by molar-refractivity contribution is 5.76. The van der Waals surface area contributed by atoms with Gasteiger partial charge in [0.2, 0.25) is 6.79 Å². The number of carbonyl (C=O) groups excluding carboxylic acids is 1. The molecule has 9 unspecified atom stereocenters. The summed E-state index contributed by atoms with van der Waals surface area (Å²) in [5.41, 5.74) is 1.13. The summed E-state index contributed by atoms with van der Waals surface area (Å²) in [6, 6.07) is 12.5. The normalized spacial score (nSPS) is 40.1. The van der Waals surface area contributed by atoms with Gasteiger partial charge in [-0.15, -0.1) is 0 Å². The molecule has 1 spiro atoms. The van der Waals surface area contributed by atoms with Crippen LogP contribution in [-0.4, -0.2) is 61.7 Å². The van der Waals surface area contributed by atoms with Crippen molar-refractivity contribution in [3.63, 3.8) is 0 Å². The highest BCUT2D eigenvalue weighted by Gasteiger charge is 2.78. The van der Waals surface area contributed by atoms with Crippen molar-refractivity contribution in [1.29, 1.82) is 0 Å². The van der Waals surface area contributed by atoms with Gasteiger partial charge < -0.3 is 28.6 Å². The molecule has 8 heteroatoms. The lowest BCUT2D eigenvalue weighted by Crippen LogP contribution is -2.55. The minimum absolute atomic E-state index is 0.0414. The number of benzene rings is 2. The van der Waals surface area contributed by atoms with E-state index in [4.69, 9.17) is 23.7 Å². The van der Waals surface area contributed by atoms with Crippen molar-refractivity contribution in [2.45, 2.75) is 69.7 Å². The maximum absolute atomic E-state index is 13.8. The van der Waals surface area contributed by atoms with Crippen LogP contribution in [0.5, 0.6) is 17.2 Å². The highest BCUT2D eigenvalue weighted by atomic mass is 19.1. The van der Waals surface area contributed by atoms with E-state index in [-0.39, 0.29) is 65.5 Å². The van der Waals surface area contributed by atoms with Crippen molar-refractivity contribution in [1.82, 2.24) is 4.90 Å². The van der Waals surface area contributed by atoms with Crippen molar-refractivity contribution < 1.29 is 32.9 Å². The van der Waals surface area contributed by atoms with Gasteiger partial charge in [-0.05, 0) is 73.9 Å². The Hall–Kier alpha value is -2.84. The number of carbonyl (C=O) groups is 1. The van der Waals surface area contributed by atoms with E-state index < -0.39 is 0 Å². The first-order chi connectivity index (χ1) is 20.3. The fraction of sp³-hybridized carbons (Fsp3) is 0.618. The van der Waals surface area contributed by atoms with Crippen LogP contribution < -0.4 is 14.2 Å². The molecule has 0 N–H and O–H groups in total. The number of epoxide rings is 1. The lowest BCUT2D eigenvalue weighted by molar-refractivity contribution is -0.146. The largest absolute Gasteiger partial charge is 0.493 e. The Morgan fingerprint density at radius 2 is 1.93 bits per heavy atom. The van der Waals surface area contributed by atoms with Gasteiger partial charge in [0.25, 0.3) is 0 Å². The maximum atomic E-state index is 13.8. The van der Waals surface area contributed by atoms with Crippen LogP contribution in [0.1, 0.15) is 57.4 Å². The summed E-state index contributed by atoms with van der Waals surface area (Å²) in [7, 11) is 0. The van der Waals surface area contributed by atoms with E-state index in [2.05, 4.69) is 18.7 Å². The molecular formula is C34H40FNO6. The number of ether oxygens (including phenoxy) is 5. The van der Waals surface area contributed by atoms with Gasteiger partial charge in [0.15, 0.2) is 11.5 Å². The van der Waals surface area contributed by atoms with Crippen molar-refractivity contribution in [3.05, 3.63) is 53.8 Å². The Morgan fingerprint density at radius 1 is 1.10 bits per heavy atom. The smallest absolute Gasteiger partial charge is 0.311 e. The van der Waals surface area contributed by atoms with E-state index in [1.807, 2.05) is 30.3 Å². The number of hydrogen-bond acceptors (Lipinski definition) is 7. The Balaban J connectivity index is 0.999. The Bertz CT molecular complexity index is 1370. The van der Waals surface area contributed by atoms with Gasteiger partial charge >= 0.3 is 5.97 Å². The summed E-state index contributed by atoms with van der Waals surface area (Å²) >= 11 is 0. The molecule has 2 saturated carbocycles. The third kappa shape index (κ3) is 4.15. The fourth-order valence-corrected chi connectivity index (χ4v) is 9.48. The number of hydrogen-bond donors (Lipinski definition) is 0. The molecule has 2 aromatic carbocycles. The topological polar surface area (TPSA) is 69.8 Å². The molecule has 8 rings (SSSR count). The Labute approximate surface area is 246 Å². The molecule has 5 fully saturated rings. The number of fused-ring (bicyclic) bond motifs is 3. The molecule has 4 aliphatic heterocycles. The molecular weight excluding hydrogens is 537 g/mol. The predicted octanol–water partition coefficient (Wildman–Crippen LogP) is 5.56. The zero-order chi connectivity index (χ0) is 28.6. The van der Waals surface area contributed by atoms with Crippen molar-refractivity contribution >= 4 is 5.97 Å². The lowest BCUT2D eigenvalue weighted by atomic mass is 9.53. The summed E-state index contributed by atoms with van der Waals surface area (Å²) in [5, 5.41) is 0. The summed E-state index contributed by atoms with van der Waals surface area (Å²) in [6.45, 7) is 7.77. The van der Waals surface area contributed by atoms with Crippen LogP contribution in [0.25, 0.3) is 0 Å². The molecule has 0 radical (unpaired) electrons. The first-order valence-electron chi connectivity index (χ1n) is 15.7. The molecule has 3 saturated heterocycles. The predicted molar refractivity (Wildman–Crippen MR) is 152 cm³/mol. The second kappa shape index (κ2) is 9.84. The summed E-state index contributed by atoms with van der Waals surface area (Å²) in [5.74, 6) is 2.74. The third-order valence-electron chi connectivity index (χ3n) is 11.6. The van der Waals surface area contributed by atoms with Gasteiger partial charge in [-0.25, -0.2) is 4.39 Å². The van der Waals surface area contributed by atoms with E-state index in [0.717, 1.165) is 49.4 Å². The monoisotopic (exact) mass is 577 g/mol. The van der Waals surface area contributed by atoms with Gasteiger partial charge in [0.1, 0.15) is 23.3 Å².